The van der Waals surface area contributed by atoms with Gasteiger partial charge in [0.25, 0.3) is 0 Å². The molecule has 0 fully saturated rings. The van der Waals surface area contributed by atoms with E-state index in [0.29, 0.717) is 5.95 Å². The fourth-order valence-electron chi connectivity index (χ4n) is 1.07. The first kappa shape index (κ1) is 10.8. The summed E-state index contributed by atoms with van der Waals surface area (Å²) in [5.74, 6) is 0.468. The van der Waals surface area contributed by atoms with Gasteiger partial charge in [-0.25, -0.2) is 15.4 Å². The summed E-state index contributed by atoms with van der Waals surface area (Å²) in [6.07, 6.45) is 5.03. The summed E-state index contributed by atoms with van der Waals surface area (Å²) in [4.78, 5) is 8.05. The molecule has 16 heavy (non-hydrogen) atoms. The van der Waals surface area contributed by atoms with Gasteiger partial charge in [-0.1, -0.05) is 30.3 Å². The second-order valence-electron chi connectivity index (χ2n) is 3.01. The van der Waals surface area contributed by atoms with E-state index in [0.717, 1.165) is 10.0 Å². The first-order valence-corrected chi connectivity index (χ1v) is 5.45. The van der Waals surface area contributed by atoms with E-state index in [1.54, 1.807) is 18.6 Å². The maximum Gasteiger partial charge on any atom is 0.243 e. The Hall–Kier alpha value is -1.75. The maximum absolute atomic E-state index is 4.03. The van der Waals surface area contributed by atoms with Crippen LogP contribution >= 0.6 is 15.9 Å². The summed E-state index contributed by atoms with van der Waals surface area (Å²) in [5.41, 5.74) is 3.77. The summed E-state index contributed by atoms with van der Waals surface area (Å²) in [5, 5.41) is 4.03. The molecule has 0 amide bonds. The molecule has 80 valence electrons. The summed E-state index contributed by atoms with van der Waals surface area (Å²) in [6, 6.07) is 9.80. The van der Waals surface area contributed by atoms with E-state index < -0.39 is 0 Å². The van der Waals surface area contributed by atoms with Crippen LogP contribution in [0.1, 0.15) is 5.56 Å². The fourth-order valence-corrected chi connectivity index (χ4v) is 1.28. The highest BCUT2D eigenvalue weighted by molar-refractivity contribution is 9.10. The molecule has 2 aromatic rings. The number of nitrogens with one attached hydrogen (secondary N) is 1. The Bertz CT molecular complexity index is 467. The van der Waals surface area contributed by atoms with Crippen LogP contribution in [-0.2, 0) is 0 Å². The van der Waals surface area contributed by atoms with Crippen molar-refractivity contribution < 1.29 is 0 Å². The fraction of sp³-hybridized carbons (Fsp3) is 0. The zero-order valence-electron chi connectivity index (χ0n) is 8.34. The molecule has 0 radical (unpaired) electrons. The predicted molar refractivity (Wildman–Crippen MR) is 67.4 cm³/mol. The van der Waals surface area contributed by atoms with E-state index in [2.05, 4.69) is 36.4 Å². The summed E-state index contributed by atoms with van der Waals surface area (Å²) in [6.45, 7) is 0. The van der Waals surface area contributed by atoms with Gasteiger partial charge in [0.15, 0.2) is 0 Å². The van der Waals surface area contributed by atoms with Crippen LogP contribution in [0.2, 0.25) is 0 Å². The van der Waals surface area contributed by atoms with Gasteiger partial charge in [0.05, 0.1) is 10.7 Å². The number of anilines is 1. The minimum absolute atomic E-state index is 0.468. The standard InChI is InChI=1S/C11H9BrN4/c12-10-7-13-11(14-8-10)16-15-6-9-4-2-1-3-5-9/h1-8H,(H,13,14,16)/b15-6-. The van der Waals surface area contributed by atoms with Gasteiger partial charge >= 0.3 is 0 Å². The van der Waals surface area contributed by atoms with Crippen LogP contribution in [0, 0.1) is 0 Å². The summed E-state index contributed by atoms with van der Waals surface area (Å²) in [7, 11) is 0. The predicted octanol–water partition coefficient (Wildman–Crippen LogP) is 2.69. The van der Waals surface area contributed by atoms with E-state index in [1.807, 2.05) is 30.3 Å². The van der Waals surface area contributed by atoms with Crippen LogP contribution in [0.3, 0.4) is 0 Å². The Morgan fingerprint density at radius 2 is 1.81 bits per heavy atom. The molecule has 0 unspecified atom stereocenters. The van der Waals surface area contributed by atoms with Gasteiger partial charge in [-0.15, -0.1) is 0 Å². The van der Waals surface area contributed by atoms with E-state index in [9.17, 15) is 0 Å². The summed E-state index contributed by atoms with van der Waals surface area (Å²) < 4.78 is 0.838. The van der Waals surface area contributed by atoms with Gasteiger partial charge in [0.2, 0.25) is 5.95 Å². The number of hydrazone groups is 1. The van der Waals surface area contributed by atoms with Crippen molar-refractivity contribution in [2.75, 3.05) is 5.43 Å². The third-order valence-corrected chi connectivity index (χ3v) is 2.21. The first-order chi connectivity index (χ1) is 7.84. The Kier molecular flexibility index (Phi) is 3.61. The lowest BCUT2D eigenvalue weighted by Crippen LogP contribution is -1.95. The molecule has 0 saturated carbocycles. The van der Waals surface area contributed by atoms with Crippen molar-refractivity contribution in [3.05, 3.63) is 52.8 Å². The molecule has 0 saturated heterocycles. The zero-order chi connectivity index (χ0) is 11.2. The third kappa shape index (κ3) is 3.13. The lowest BCUT2D eigenvalue weighted by molar-refractivity contribution is 1.11. The van der Waals surface area contributed by atoms with Crippen molar-refractivity contribution in [3.63, 3.8) is 0 Å². The Morgan fingerprint density at radius 3 is 2.50 bits per heavy atom. The lowest BCUT2D eigenvalue weighted by Gasteiger charge is -1.97. The largest absolute Gasteiger partial charge is 0.245 e. The normalized spacial score (nSPS) is 10.6. The molecule has 1 aromatic heterocycles. The molecule has 1 aromatic carbocycles. The molecule has 2 rings (SSSR count). The lowest BCUT2D eigenvalue weighted by atomic mass is 10.2. The molecule has 0 bridgehead atoms. The van der Waals surface area contributed by atoms with Crippen LogP contribution in [0.5, 0.6) is 0 Å². The van der Waals surface area contributed by atoms with Gasteiger partial charge in [0, 0.05) is 12.4 Å². The number of nitrogens with zero attached hydrogens (tertiary/aromatic N) is 3. The Balaban J connectivity index is 1.97. The smallest absolute Gasteiger partial charge is 0.243 e. The second kappa shape index (κ2) is 5.37. The molecule has 5 heteroatoms. The topological polar surface area (TPSA) is 50.2 Å². The van der Waals surface area contributed by atoms with E-state index in [1.165, 1.54) is 0 Å². The highest BCUT2D eigenvalue weighted by Crippen LogP contribution is 2.06. The molecular formula is C11H9BrN4. The zero-order valence-corrected chi connectivity index (χ0v) is 9.92. The maximum atomic E-state index is 4.03. The monoisotopic (exact) mass is 276 g/mol. The Morgan fingerprint density at radius 1 is 1.12 bits per heavy atom. The molecule has 0 aliphatic heterocycles. The van der Waals surface area contributed by atoms with Crippen molar-refractivity contribution in [3.8, 4) is 0 Å². The number of aromatic nitrogens is 2. The van der Waals surface area contributed by atoms with Crippen LogP contribution in [0.4, 0.5) is 5.95 Å². The average Bonchev–Trinajstić information content (AvgIpc) is 2.33. The highest BCUT2D eigenvalue weighted by Gasteiger charge is 1.91. The van der Waals surface area contributed by atoms with Gasteiger partial charge in [-0.3, -0.25) is 0 Å². The number of hydrogen-bond donors (Lipinski definition) is 1. The quantitative estimate of drug-likeness (QED) is 0.693. The molecular weight excluding hydrogens is 268 g/mol. The van der Waals surface area contributed by atoms with Gasteiger partial charge < -0.3 is 0 Å². The number of rotatable bonds is 3. The number of hydrogen-bond acceptors (Lipinski definition) is 4. The molecule has 0 atom stereocenters. The van der Waals surface area contributed by atoms with Crippen LogP contribution in [0.15, 0.2) is 52.3 Å². The van der Waals surface area contributed by atoms with Crippen LogP contribution in [0.25, 0.3) is 0 Å². The van der Waals surface area contributed by atoms with E-state index in [-0.39, 0.29) is 0 Å². The van der Waals surface area contributed by atoms with Crippen molar-refractivity contribution in [2.24, 2.45) is 5.10 Å². The third-order valence-electron chi connectivity index (χ3n) is 1.80. The minimum atomic E-state index is 0.468. The molecule has 0 spiro atoms. The van der Waals surface area contributed by atoms with E-state index in [4.69, 9.17) is 0 Å². The van der Waals surface area contributed by atoms with Gasteiger partial charge in [0.1, 0.15) is 0 Å². The molecule has 4 nitrogen and oxygen atoms in total. The van der Waals surface area contributed by atoms with Crippen molar-refractivity contribution in [1.82, 2.24) is 9.97 Å². The molecule has 1 N–H and O–H groups in total. The van der Waals surface area contributed by atoms with Crippen molar-refractivity contribution >= 4 is 28.1 Å². The van der Waals surface area contributed by atoms with Crippen LogP contribution in [-0.4, -0.2) is 16.2 Å². The van der Waals surface area contributed by atoms with Crippen LogP contribution < -0.4 is 5.43 Å². The first-order valence-electron chi connectivity index (χ1n) is 4.66. The Labute approximate surface area is 102 Å². The molecule has 1 heterocycles. The highest BCUT2D eigenvalue weighted by atomic mass is 79.9. The number of benzene rings is 1. The van der Waals surface area contributed by atoms with Crippen molar-refractivity contribution in [2.45, 2.75) is 0 Å². The molecule has 0 aliphatic carbocycles. The summed E-state index contributed by atoms with van der Waals surface area (Å²) >= 11 is 3.26. The van der Waals surface area contributed by atoms with Crippen molar-refractivity contribution in [1.29, 1.82) is 0 Å². The average molecular weight is 277 g/mol. The molecule has 0 aliphatic rings. The van der Waals surface area contributed by atoms with Gasteiger partial charge in [-0.2, -0.15) is 5.10 Å². The van der Waals surface area contributed by atoms with E-state index >= 15 is 0 Å². The SMILES string of the molecule is Brc1cnc(N/N=C\c2ccccc2)nc1. The minimum Gasteiger partial charge on any atom is -0.245 e. The second-order valence-corrected chi connectivity index (χ2v) is 3.92. The van der Waals surface area contributed by atoms with Gasteiger partial charge in [-0.05, 0) is 21.5 Å². The number of halogens is 1.